The first-order valence-electron chi connectivity index (χ1n) is 7.78. The fraction of sp³-hybridized carbons (Fsp3) is 0.562. The summed E-state index contributed by atoms with van der Waals surface area (Å²) >= 11 is 0. The lowest BCUT2D eigenvalue weighted by Crippen LogP contribution is -2.31. The molecular formula is C16H22N4O. The zero-order chi connectivity index (χ0) is 14.7. The standard InChI is InChI=1S/C16H22N4O/c1-2-12-8-9-15(21)13(10-12)11-16-17-18-19-20(16)14-6-4-3-5-7-14/h3-7,12-13,15,21H,2,8-11H2,1H3. The van der Waals surface area contributed by atoms with Gasteiger partial charge in [-0.1, -0.05) is 31.5 Å². The van der Waals surface area contributed by atoms with E-state index in [1.807, 2.05) is 30.3 Å². The van der Waals surface area contributed by atoms with Crippen molar-refractivity contribution in [3.05, 3.63) is 36.2 Å². The third kappa shape index (κ3) is 3.13. The van der Waals surface area contributed by atoms with Crippen molar-refractivity contribution in [2.24, 2.45) is 11.8 Å². The Labute approximate surface area is 125 Å². The van der Waals surface area contributed by atoms with Crippen LogP contribution in [-0.2, 0) is 6.42 Å². The zero-order valence-electron chi connectivity index (χ0n) is 12.4. The van der Waals surface area contributed by atoms with Gasteiger partial charge in [-0.2, -0.15) is 4.68 Å². The maximum atomic E-state index is 10.3. The molecule has 1 saturated carbocycles. The van der Waals surface area contributed by atoms with Gasteiger partial charge in [-0.05, 0) is 53.7 Å². The van der Waals surface area contributed by atoms with E-state index in [9.17, 15) is 5.11 Å². The molecule has 0 saturated heterocycles. The van der Waals surface area contributed by atoms with E-state index in [1.165, 1.54) is 6.42 Å². The van der Waals surface area contributed by atoms with Crippen molar-refractivity contribution >= 4 is 0 Å². The van der Waals surface area contributed by atoms with Gasteiger partial charge in [0.2, 0.25) is 0 Å². The molecule has 0 bridgehead atoms. The summed E-state index contributed by atoms with van der Waals surface area (Å²) in [4.78, 5) is 0. The Morgan fingerprint density at radius 3 is 2.81 bits per heavy atom. The number of tetrazole rings is 1. The van der Waals surface area contributed by atoms with E-state index >= 15 is 0 Å². The summed E-state index contributed by atoms with van der Waals surface area (Å²) < 4.78 is 1.78. The Kier molecular flexibility index (Phi) is 4.29. The average Bonchev–Trinajstić information content (AvgIpc) is 2.98. The largest absolute Gasteiger partial charge is 0.393 e. The number of benzene rings is 1. The molecule has 5 nitrogen and oxygen atoms in total. The number of para-hydroxylation sites is 1. The minimum Gasteiger partial charge on any atom is -0.393 e. The van der Waals surface area contributed by atoms with Crippen LogP contribution in [0.1, 0.15) is 38.4 Å². The van der Waals surface area contributed by atoms with Crippen molar-refractivity contribution in [3.63, 3.8) is 0 Å². The van der Waals surface area contributed by atoms with Crippen LogP contribution in [0, 0.1) is 11.8 Å². The van der Waals surface area contributed by atoms with Crippen molar-refractivity contribution in [1.82, 2.24) is 20.2 Å². The van der Waals surface area contributed by atoms with Crippen molar-refractivity contribution < 1.29 is 5.11 Å². The molecule has 1 aromatic carbocycles. The Hall–Kier alpha value is -1.75. The van der Waals surface area contributed by atoms with Crippen molar-refractivity contribution in [1.29, 1.82) is 0 Å². The lowest BCUT2D eigenvalue weighted by atomic mass is 9.77. The fourth-order valence-corrected chi connectivity index (χ4v) is 3.27. The lowest BCUT2D eigenvalue weighted by Gasteiger charge is -2.32. The van der Waals surface area contributed by atoms with Crippen molar-refractivity contribution in [2.75, 3.05) is 0 Å². The quantitative estimate of drug-likeness (QED) is 0.937. The Morgan fingerprint density at radius 2 is 2.05 bits per heavy atom. The maximum absolute atomic E-state index is 10.3. The predicted molar refractivity (Wildman–Crippen MR) is 80.0 cm³/mol. The third-order valence-corrected chi connectivity index (χ3v) is 4.61. The molecule has 1 fully saturated rings. The number of hydrogen-bond donors (Lipinski definition) is 1. The van der Waals surface area contributed by atoms with Crippen LogP contribution >= 0.6 is 0 Å². The highest BCUT2D eigenvalue weighted by atomic mass is 16.3. The minimum absolute atomic E-state index is 0.228. The number of aliphatic hydroxyl groups excluding tert-OH is 1. The average molecular weight is 286 g/mol. The zero-order valence-corrected chi connectivity index (χ0v) is 12.4. The Morgan fingerprint density at radius 1 is 1.24 bits per heavy atom. The van der Waals surface area contributed by atoms with Gasteiger partial charge in [0.1, 0.15) is 0 Å². The van der Waals surface area contributed by atoms with Crippen LogP contribution in [0.25, 0.3) is 5.69 Å². The van der Waals surface area contributed by atoms with Gasteiger partial charge >= 0.3 is 0 Å². The SMILES string of the molecule is CCC1CCC(O)C(Cc2nnnn2-c2ccccc2)C1. The minimum atomic E-state index is -0.228. The smallest absolute Gasteiger partial charge is 0.157 e. The van der Waals surface area contributed by atoms with E-state index in [-0.39, 0.29) is 12.0 Å². The molecule has 1 aliphatic rings. The number of nitrogens with zero attached hydrogens (tertiary/aromatic N) is 4. The first-order chi connectivity index (χ1) is 10.3. The molecule has 1 N–H and O–H groups in total. The summed E-state index contributed by atoms with van der Waals surface area (Å²) in [6.07, 6.45) is 4.80. The van der Waals surface area contributed by atoms with Gasteiger partial charge in [0.15, 0.2) is 5.82 Å². The molecule has 3 unspecified atom stereocenters. The van der Waals surface area contributed by atoms with Gasteiger partial charge in [0, 0.05) is 6.42 Å². The van der Waals surface area contributed by atoms with Gasteiger partial charge in [0.05, 0.1) is 11.8 Å². The molecule has 0 aliphatic heterocycles. The summed E-state index contributed by atoms with van der Waals surface area (Å²) in [7, 11) is 0. The van der Waals surface area contributed by atoms with Gasteiger partial charge in [-0.25, -0.2) is 0 Å². The summed E-state index contributed by atoms with van der Waals surface area (Å²) in [5.74, 6) is 1.82. The second-order valence-electron chi connectivity index (χ2n) is 5.96. The van der Waals surface area contributed by atoms with Gasteiger partial charge < -0.3 is 5.11 Å². The highest BCUT2D eigenvalue weighted by molar-refractivity contribution is 5.30. The van der Waals surface area contributed by atoms with E-state index < -0.39 is 0 Å². The van der Waals surface area contributed by atoms with E-state index in [0.717, 1.165) is 43.1 Å². The topological polar surface area (TPSA) is 63.8 Å². The van der Waals surface area contributed by atoms with Gasteiger partial charge in [0.25, 0.3) is 0 Å². The molecule has 0 amide bonds. The van der Waals surface area contributed by atoms with Crippen molar-refractivity contribution in [3.8, 4) is 5.69 Å². The van der Waals surface area contributed by atoms with Crippen LogP contribution in [0.4, 0.5) is 0 Å². The molecule has 5 heteroatoms. The molecule has 1 aromatic heterocycles. The third-order valence-electron chi connectivity index (χ3n) is 4.61. The maximum Gasteiger partial charge on any atom is 0.157 e. The molecule has 112 valence electrons. The molecular weight excluding hydrogens is 264 g/mol. The van der Waals surface area contributed by atoms with Crippen molar-refractivity contribution in [2.45, 2.75) is 45.1 Å². The van der Waals surface area contributed by atoms with Crippen LogP contribution in [0.5, 0.6) is 0 Å². The summed E-state index contributed by atoms with van der Waals surface area (Å²) in [5.41, 5.74) is 0.967. The molecule has 3 atom stereocenters. The van der Waals surface area contributed by atoms with Gasteiger partial charge in [-0.15, -0.1) is 5.10 Å². The Bertz CT molecular complexity index is 569. The molecule has 0 spiro atoms. The van der Waals surface area contributed by atoms with Crippen LogP contribution in [-0.4, -0.2) is 31.4 Å². The number of aliphatic hydroxyl groups is 1. The first kappa shape index (κ1) is 14.2. The Balaban J connectivity index is 1.78. The summed E-state index contributed by atoms with van der Waals surface area (Å²) in [5, 5.41) is 22.3. The predicted octanol–water partition coefficient (Wildman–Crippen LogP) is 2.39. The second-order valence-corrected chi connectivity index (χ2v) is 5.96. The first-order valence-corrected chi connectivity index (χ1v) is 7.78. The molecule has 1 heterocycles. The van der Waals surface area contributed by atoms with Crippen LogP contribution in [0.3, 0.4) is 0 Å². The number of rotatable bonds is 4. The highest BCUT2D eigenvalue weighted by Crippen LogP contribution is 2.33. The number of hydrogen-bond acceptors (Lipinski definition) is 4. The van der Waals surface area contributed by atoms with E-state index in [2.05, 4.69) is 22.4 Å². The second kappa shape index (κ2) is 6.35. The van der Waals surface area contributed by atoms with Crippen LogP contribution in [0.2, 0.25) is 0 Å². The fourth-order valence-electron chi connectivity index (χ4n) is 3.27. The van der Waals surface area contributed by atoms with E-state index in [1.54, 1.807) is 4.68 Å². The van der Waals surface area contributed by atoms with Crippen LogP contribution in [0.15, 0.2) is 30.3 Å². The van der Waals surface area contributed by atoms with E-state index in [0.29, 0.717) is 0 Å². The summed E-state index contributed by atoms with van der Waals surface area (Å²) in [6, 6.07) is 9.91. The molecule has 0 radical (unpaired) electrons. The summed E-state index contributed by atoms with van der Waals surface area (Å²) in [6.45, 7) is 2.23. The lowest BCUT2D eigenvalue weighted by molar-refractivity contribution is 0.0462. The molecule has 1 aliphatic carbocycles. The molecule has 3 rings (SSSR count). The molecule has 2 aromatic rings. The normalized spacial score (nSPS) is 25.9. The molecule has 21 heavy (non-hydrogen) atoms. The van der Waals surface area contributed by atoms with Crippen LogP contribution < -0.4 is 0 Å². The highest BCUT2D eigenvalue weighted by Gasteiger charge is 2.30. The van der Waals surface area contributed by atoms with Gasteiger partial charge in [-0.3, -0.25) is 0 Å². The monoisotopic (exact) mass is 286 g/mol. The van der Waals surface area contributed by atoms with E-state index in [4.69, 9.17) is 0 Å². The number of aromatic nitrogens is 4.